The monoisotopic (exact) mass is 567 g/mol. The Morgan fingerprint density at radius 1 is 1.15 bits per heavy atom. The van der Waals surface area contributed by atoms with E-state index in [0.717, 1.165) is 24.2 Å². The first-order chi connectivity index (χ1) is 18.7. The van der Waals surface area contributed by atoms with E-state index in [1.165, 1.54) is 10.4 Å². The number of rotatable bonds is 10. The lowest BCUT2D eigenvalue weighted by atomic mass is 10.00. The second-order valence-electron chi connectivity index (χ2n) is 10.5. The van der Waals surface area contributed by atoms with Gasteiger partial charge in [-0.1, -0.05) is 63.9 Å². The van der Waals surface area contributed by atoms with E-state index in [9.17, 15) is 9.59 Å². The third kappa shape index (κ3) is 7.55. The molecular formula is C31H38ClN3O3S. The van der Waals surface area contributed by atoms with Gasteiger partial charge in [0.25, 0.3) is 0 Å². The highest BCUT2D eigenvalue weighted by Crippen LogP contribution is 2.34. The van der Waals surface area contributed by atoms with Gasteiger partial charge in [-0.05, 0) is 71.2 Å². The van der Waals surface area contributed by atoms with Crippen LogP contribution in [-0.4, -0.2) is 48.0 Å². The highest BCUT2D eigenvalue weighted by molar-refractivity contribution is 7.10. The Kier molecular flexibility index (Phi) is 9.92. The van der Waals surface area contributed by atoms with Crippen molar-refractivity contribution in [1.82, 2.24) is 9.80 Å². The first-order valence-electron chi connectivity index (χ1n) is 13.6. The molecule has 6 nitrogen and oxygen atoms in total. The summed E-state index contributed by atoms with van der Waals surface area (Å²) in [7, 11) is 0. The van der Waals surface area contributed by atoms with Gasteiger partial charge in [-0.3, -0.25) is 4.79 Å². The fourth-order valence-corrected chi connectivity index (χ4v) is 5.86. The number of hydrogen-bond acceptors (Lipinski definition) is 4. The molecule has 3 amide bonds. The summed E-state index contributed by atoms with van der Waals surface area (Å²) in [6, 6.07) is 16.8. The van der Waals surface area contributed by atoms with Crippen LogP contribution in [0.15, 0.2) is 60.0 Å². The van der Waals surface area contributed by atoms with Gasteiger partial charge in [-0.15, -0.1) is 11.3 Å². The van der Waals surface area contributed by atoms with Crippen LogP contribution >= 0.6 is 22.9 Å². The summed E-state index contributed by atoms with van der Waals surface area (Å²) in [4.78, 5) is 31.9. The van der Waals surface area contributed by atoms with Crippen molar-refractivity contribution >= 4 is 40.6 Å². The normalized spacial score (nSPS) is 15.5. The molecule has 0 bridgehead atoms. The Hall–Kier alpha value is -3.03. The summed E-state index contributed by atoms with van der Waals surface area (Å²) >= 11 is 7.83. The Balaban J connectivity index is 1.49. The van der Waals surface area contributed by atoms with Crippen LogP contribution in [0.3, 0.4) is 0 Å². The van der Waals surface area contributed by atoms with Crippen LogP contribution in [0, 0.1) is 5.92 Å². The van der Waals surface area contributed by atoms with E-state index in [2.05, 4.69) is 56.6 Å². The summed E-state index contributed by atoms with van der Waals surface area (Å²) in [5, 5.41) is 5.53. The smallest absolute Gasteiger partial charge is 0.322 e. The molecule has 3 aromatic rings. The van der Waals surface area contributed by atoms with Gasteiger partial charge in [0, 0.05) is 28.7 Å². The summed E-state index contributed by atoms with van der Waals surface area (Å²) in [6.07, 6.45) is 1.71. The van der Waals surface area contributed by atoms with E-state index in [1.807, 2.05) is 17.0 Å². The van der Waals surface area contributed by atoms with E-state index in [4.69, 9.17) is 16.3 Å². The number of ether oxygens (including phenoxy) is 1. The SMILES string of the molecule is CC[C@@H](C)CN(CC(=O)N1CCc2sccc2[C@@H]1COc1ccc(C(C)C)cc1)C(=O)Nc1cccc(Cl)c1. The van der Waals surface area contributed by atoms with Gasteiger partial charge < -0.3 is 19.9 Å². The zero-order valence-electron chi connectivity index (χ0n) is 23.2. The van der Waals surface area contributed by atoms with Gasteiger partial charge in [0.2, 0.25) is 5.91 Å². The highest BCUT2D eigenvalue weighted by Gasteiger charge is 2.33. The van der Waals surface area contributed by atoms with Gasteiger partial charge >= 0.3 is 6.03 Å². The second kappa shape index (κ2) is 13.4. The molecule has 4 rings (SSSR count). The number of nitrogens with zero attached hydrogens (tertiary/aromatic N) is 2. The van der Waals surface area contributed by atoms with Gasteiger partial charge in [-0.25, -0.2) is 4.79 Å². The topological polar surface area (TPSA) is 61.9 Å². The Morgan fingerprint density at radius 2 is 1.92 bits per heavy atom. The zero-order valence-corrected chi connectivity index (χ0v) is 24.7. The molecule has 39 heavy (non-hydrogen) atoms. The van der Waals surface area contributed by atoms with Crippen molar-refractivity contribution in [2.24, 2.45) is 5.92 Å². The highest BCUT2D eigenvalue weighted by atomic mass is 35.5. The number of urea groups is 1. The Morgan fingerprint density at radius 3 is 2.62 bits per heavy atom. The molecule has 1 N–H and O–H groups in total. The number of benzene rings is 2. The first kappa shape index (κ1) is 29.0. The minimum Gasteiger partial charge on any atom is -0.491 e. The van der Waals surface area contributed by atoms with Crippen LogP contribution in [-0.2, 0) is 11.2 Å². The lowest BCUT2D eigenvalue weighted by Crippen LogP contribution is -2.49. The van der Waals surface area contributed by atoms with Crippen LogP contribution in [0.5, 0.6) is 5.75 Å². The predicted molar refractivity (Wildman–Crippen MR) is 160 cm³/mol. The Bertz CT molecular complexity index is 1260. The zero-order chi connectivity index (χ0) is 27.9. The number of carbonyl (C=O) groups is 2. The van der Waals surface area contributed by atoms with Crippen molar-refractivity contribution in [3.05, 3.63) is 81.0 Å². The first-order valence-corrected chi connectivity index (χ1v) is 14.9. The fourth-order valence-electron chi connectivity index (χ4n) is 4.75. The van der Waals surface area contributed by atoms with Gasteiger partial charge in [-0.2, -0.15) is 0 Å². The molecule has 0 unspecified atom stereocenters. The fraction of sp³-hybridized carbons (Fsp3) is 0.419. The quantitative estimate of drug-likeness (QED) is 0.274. The summed E-state index contributed by atoms with van der Waals surface area (Å²) in [5.41, 5.74) is 2.99. The van der Waals surface area contributed by atoms with Crippen molar-refractivity contribution in [1.29, 1.82) is 0 Å². The number of carbonyl (C=O) groups excluding carboxylic acids is 2. The lowest BCUT2D eigenvalue weighted by Gasteiger charge is -2.37. The number of hydrogen-bond donors (Lipinski definition) is 1. The molecule has 0 spiro atoms. The van der Waals surface area contributed by atoms with Gasteiger partial charge in [0.05, 0.1) is 6.04 Å². The summed E-state index contributed by atoms with van der Waals surface area (Å²) in [6.45, 7) is 9.94. The molecular weight excluding hydrogens is 530 g/mol. The molecule has 0 fully saturated rings. The number of anilines is 1. The van der Waals surface area contributed by atoms with Crippen molar-refractivity contribution in [2.45, 2.75) is 52.5 Å². The molecule has 1 aliphatic heterocycles. The molecule has 0 aliphatic carbocycles. The molecule has 1 aromatic heterocycles. The van der Waals surface area contributed by atoms with Crippen molar-refractivity contribution in [3.63, 3.8) is 0 Å². The maximum absolute atomic E-state index is 13.8. The minimum absolute atomic E-state index is 0.00417. The number of halogens is 1. The van der Waals surface area contributed by atoms with Crippen LogP contribution in [0.2, 0.25) is 5.02 Å². The third-order valence-corrected chi connectivity index (χ3v) is 8.52. The average molecular weight is 568 g/mol. The Labute approximate surface area is 240 Å². The van der Waals surface area contributed by atoms with E-state index in [0.29, 0.717) is 36.3 Å². The second-order valence-corrected chi connectivity index (χ2v) is 12.0. The van der Waals surface area contributed by atoms with Crippen LogP contribution < -0.4 is 10.1 Å². The van der Waals surface area contributed by atoms with E-state index >= 15 is 0 Å². The van der Waals surface area contributed by atoms with E-state index in [-0.39, 0.29) is 30.4 Å². The van der Waals surface area contributed by atoms with Crippen LogP contribution in [0.25, 0.3) is 0 Å². The largest absolute Gasteiger partial charge is 0.491 e. The average Bonchev–Trinajstić information content (AvgIpc) is 3.40. The van der Waals surface area contributed by atoms with Gasteiger partial charge in [0.1, 0.15) is 18.9 Å². The molecule has 2 atom stereocenters. The molecule has 8 heteroatoms. The number of amides is 3. The van der Waals surface area contributed by atoms with Crippen molar-refractivity contribution in [3.8, 4) is 5.75 Å². The van der Waals surface area contributed by atoms with Crippen LogP contribution in [0.4, 0.5) is 10.5 Å². The number of thiophene rings is 1. The molecule has 0 saturated heterocycles. The van der Waals surface area contributed by atoms with E-state index < -0.39 is 0 Å². The van der Waals surface area contributed by atoms with Crippen LogP contribution in [0.1, 0.15) is 62.1 Å². The molecule has 2 heterocycles. The molecule has 2 aromatic carbocycles. The lowest BCUT2D eigenvalue weighted by molar-refractivity contribution is -0.135. The van der Waals surface area contributed by atoms with Crippen molar-refractivity contribution < 1.29 is 14.3 Å². The third-order valence-electron chi connectivity index (χ3n) is 7.29. The molecule has 1 aliphatic rings. The summed E-state index contributed by atoms with van der Waals surface area (Å²) < 4.78 is 6.22. The maximum Gasteiger partial charge on any atom is 0.322 e. The van der Waals surface area contributed by atoms with Gasteiger partial charge in [0.15, 0.2) is 0 Å². The minimum atomic E-state index is -0.308. The predicted octanol–water partition coefficient (Wildman–Crippen LogP) is 7.61. The number of nitrogens with one attached hydrogen (secondary N) is 1. The standard InChI is InChI=1S/C31H38ClN3O3S/c1-5-22(4)18-34(31(37)33-25-8-6-7-24(32)17-25)19-30(36)35-15-13-29-27(14-16-39-29)28(35)20-38-26-11-9-23(10-12-26)21(2)3/h6-12,14,16-17,21-22,28H,5,13,15,18-20H2,1-4H3,(H,33,37)/t22-,28+/m1/s1. The van der Waals surface area contributed by atoms with Crippen molar-refractivity contribution in [2.75, 3.05) is 31.6 Å². The van der Waals surface area contributed by atoms with E-state index in [1.54, 1.807) is 40.5 Å². The molecule has 208 valence electrons. The summed E-state index contributed by atoms with van der Waals surface area (Å²) in [5.74, 6) is 1.41. The molecule has 0 radical (unpaired) electrons. The number of fused-ring (bicyclic) bond motifs is 1. The maximum atomic E-state index is 13.8. The molecule has 0 saturated carbocycles.